The predicted molar refractivity (Wildman–Crippen MR) is 104 cm³/mol. The number of methoxy groups -OCH3 is 1. The van der Waals surface area contributed by atoms with Gasteiger partial charge in [0, 0.05) is 25.4 Å². The topological polar surface area (TPSA) is 122 Å². The molecule has 0 aromatic carbocycles. The molecule has 1 heterocycles. The van der Waals surface area contributed by atoms with Crippen LogP contribution < -0.4 is 16.4 Å². The van der Waals surface area contributed by atoms with Crippen LogP contribution in [0.15, 0.2) is 6.20 Å². The van der Waals surface area contributed by atoms with Gasteiger partial charge in [-0.2, -0.15) is 4.98 Å². The molecule has 1 amide bonds. The van der Waals surface area contributed by atoms with E-state index in [2.05, 4.69) is 20.6 Å². The number of aromatic nitrogens is 2. The first kappa shape index (κ1) is 19.8. The normalized spacial score (nSPS) is 29.0. The first-order valence-corrected chi connectivity index (χ1v) is 9.96. The summed E-state index contributed by atoms with van der Waals surface area (Å²) in [5, 5.41) is 16.7. The SMILES string of the molecule is COC1CCC(Nc2ncc(C(N)=O)c(N[C@H]3CCCC[C@@H](O)C3)n2)CC1. The molecule has 1 aromatic heterocycles. The summed E-state index contributed by atoms with van der Waals surface area (Å²) in [5.41, 5.74) is 5.78. The number of rotatable bonds is 6. The van der Waals surface area contributed by atoms with Crippen molar-refractivity contribution in [3.63, 3.8) is 0 Å². The molecule has 8 nitrogen and oxygen atoms in total. The van der Waals surface area contributed by atoms with Crippen molar-refractivity contribution >= 4 is 17.7 Å². The Balaban J connectivity index is 1.69. The van der Waals surface area contributed by atoms with Crippen molar-refractivity contribution in [3.05, 3.63) is 11.8 Å². The average molecular weight is 377 g/mol. The molecule has 150 valence electrons. The van der Waals surface area contributed by atoms with Gasteiger partial charge in [0.15, 0.2) is 0 Å². The minimum atomic E-state index is -0.557. The summed E-state index contributed by atoms with van der Waals surface area (Å²) >= 11 is 0. The molecule has 2 aliphatic rings. The van der Waals surface area contributed by atoms with E-state index in [-0.39, 0.29) is 17.7 Å². The highest BCUT2D eigenvalue weighted by atomic mass is 16.5. The van der Waals surface area contributed by atoms with Gasteiger partial charge in [0.25, 0.3) is 5.91 Å². The zero-order valence-electron chi connectivity index (χ0n) is 16.0. The number of aliphatic hydroxyl groups excluding tert-OH is 1. The summed E-state index contributed by atoms with van der Waals surface area (Å²) in [4.78, 5) is 20.6. The fraction of sp³-hybridized carbons (Fsp3) is 0.737. The van der Waals surface area contributed by atoms with Gasteiger partial charge in [0.2, 0.25) is 5.95 Å². The standard InChI is InChI=1S/C19H31N5O3/c1-27-15-8-6-12(7-9-15)23-19-21-11-16(17(20)26)18(24-19)22-13-4-2-3-5-14(25)10-13/h11-15,25H,2-10H2,1H3,(H2,20,26)(H2,21,22,23,24)/t12?,13-,14+,15?/m0/s1. The predicted octanol–water partition coefficient (Wildman–Crippen LogP) is 2.05. The van der Waals surface area contributed by atoms with E-state index in [1.807, 2.05) is 0 Å². The Kier molecular flexibility index (Phi) is 6.84. The van der Waals surface area contributed by atoms with Crippen LogP contribution in [0, 0.1) is 0 Å². The molecule has 0 radical (unpaired) electrons. The monoisotopic (exact) mass is 377 g/mol. The van der Waals surface area contributed by atoms with Crippen LogP contribution in [-0.2, 0) is 4.74 Å². The van der Waals surface area contributed by atoms with Crippen LogP contribution >= 0.6 is 0 Å². The van der Waals surface area contributed by atoms with E-state index in [0.29, 0.717) is 30.3 Å². The number of amides is 1. The van der Waals surface area contributed by atoms with Gasteiger partial charge in [-0.1, -0.05) is 12.8 Å². The highest BCUT2D eigenvalue weighted by Crippen LogP contribution is 2.25. The lowest BCUT2D eigenvalue weighted by molar-refractivity contribution is 0.0681. The first-order valence-electron chi connectivity index (χ1n) is 9.96. The molecular formula is C19H31N5O3. The maximum Gasteiger partial charge on any atom is 0.254 e. The maximum absolute atomic E-state index is 11.8. The van der Waals surface area contributed by atoms with Crippen LogP contribution in [0.2, 0.25) is 0 Å². The molecule has 2 fully saturated rings. The van der Waals surface area contributed by atoms with Crippen molar-refractivity contribution in [2.45, 2.75) is 82.1 Å². The minimum absolute atomic E-state index is 0.0699. The molecule has 5 N–H and O–H groups in total. The lowest BCUT2D eigenvalue weighted by atomic mass is 9.93. The van der Waals surface area contributed by atoms with E-state index in [9.17, 15) is 9.90 Å². The van der Waals surface area contributed by atoms with E-state index < -0.39 is 5.91 Å². The number of carbonyl (C=O) groups is 1. The van der Waals surface area contributed by atoms with Crippen LogP contribution in [0.3, 0.4) is 0 Å². The number of nitrogens with zero attached hydrogens (tertiary/aromatic N) is 2. The van der Waals surface area contributed by atoms with Gasteiger partial charge in [0.05, 0.1) is 17.8 Å². The van der Waals surface area contributed by atoms with Gasteiger partial charge in [0.1, 0.15) is 5.82 Å². The molecule has 0 saturated heterocycles. The molecule has 8 heteroatoms. The highest BCUT2D eigenvalue weighted by molar-refractivity contribution is 5.97. The summed E-state index contributed by atoms with van der Waals surface area (Å²) in [6, 6.07) is 0.365. The van der Waals surface area contributed by atoms with Crippen LogP contribution in [0.4, 0.5) is 11.8 Å². The van der Waals surface area contributed by atoms with Gasteiger partial charge in [-0.05, 0) is 44.9 Å². The quantitative estimate of drug-likeness (QED) is 0.560. The molecule has 0 spiro atoms. The van der Waals surface area contributed by atoms with Crippen LogP contribution in [0.5, 0.6) is 0 Å². The fourth-order valence-corrected chi connectivity index (χ4v) is 4.03. The smallest absolute Gasteiger partial charge is 0.254 e. The van der Waals surface area contributed by atoms with Crippen LogP contribution in [0.25, 0.3) is 0 Å². The van der Waals surface area contributed by atoms with Crippen molar-refractivity contribution < 1.29 is 14.6 Å². The Bertz CT molecular complexity index is 634. The summed E-state index contributed by atoms with van der Waals surface area (Å²) in [6.45, 7) is 0. The van der Waals surface area contributed by atoms with E-state index >= 15 is 0 Å². The third kappa shape index (κ3) is 5.52. The van der Waals surface area contributed by atoms with Crippen LogP contribution in [-0.4, -0.2) is 52.4 Å². The Hall–Kier alpha value is -1.93. The zero-order chi connectivity index (χ0) is 19.2. The van der Waals surface area contributed by atoms with Gasteiger partial charge in [-0.15, -0.1) is 0 Å². The molecule has 0 unspecified atom stereocenters. The average Bonchev–Trinajstić information content (AvgIpc) is 2.86. The lowest BCUT2D eigenvalue weighted by Gasteiger charge is -2.28. The Morgan fingerprint density at radius 1 is 1.15 bits per heavy atom. The Labute approximate surface area is 160 Å². The van der Waals surface area contributed by atoms with Crippen molar-refractivity contribution in [3.8, 4) is 0 Å². The lowest BCUT2D eigenvalue weighted by Crippen LogP contribution is -2.30. The number of hydrogen-bond acceptors (Lipinski definition) is 7. The molecular weight excluding hydrogens is 346 g/mol. The molecule has 0 bridgehead atoms. The number of aliphatic hydroxyl groups is 1. The minimum Gasteiger partial charge on any atom is -0.393 e. The second-order valence-corrected chi connectivity index (χ2v) is 7.69. The van der Waals surface area contributed by atoms with Gasteiger partial charge < -0.3 is 26.2 Å². The van der Waals surface area contributed by atoms with E-state index in [1.165, 1.54) is 6.20 Å². The summed E-state index contributed by atoms with van der Waals surface area (Å²) in [5.74, 6) is 0.390. The first-order chi connectivity index (χ1) is 13.0. The molecule has 1 aromatic rings. The summed E-state index contributed by atoms with van der Waals surface area (Å²) < 4.78 is 5.41. The van der Waals surface area contributed by atoms with Gasteiger partial charge in [-0.3, -0.25) is 4.79 Å². The Morgan fingerprint density at radius 3 is 2.59 bits per heavy atom. The molecule has 27 heavy (non-hydrogen) atoms. The summed E-state index contributed by atoms with van der Waals surface area (Å²) in [6.07, 6.45) is 9.97. The number of nitrogens with two attached hydrogens (primary N) is 1. The number of hydrogen-bond donors (Lipinski definition) is 4. The number of anilines is 2. The zero-order valence-corrected chi connectivity index (χ0v) is 16.0. The number of primary amides is 1. The molecule has 2 atom stereocenters. The molecule has 3 rings (SSSR count). The van der Waals surface area contributed by atoms with E-state index in [0.717, 1.165) is 51.4 Å². The van der Waals surface area contributed by atoms with Crippen molar-refractivity contribution in [2.75, 3.05) is 17.7 Å². The third-order valence-electron chi connectivity index (χ3n) is 5.63. The van der Waals surface area contributed by atoms with Crippen molar-refractivity contribution in [1.29, 1.82) is 0 Å². The molecule has 2 saturated carbocycles. The number of nitrogens with one attached hydrogen (secondary N) is 2. The second kappa shape index (κ2) is 9.32. The van der Waals surface area contributed by atoms with Gasteiger partial charge in [-0.25, -0.2) is 4.98 Å². The summed E-state index contributed by atoms with van der Waals surface area (Å²) in [7, 11) is 1.76. The van der Waals surface area contributed by atoms with Crippen molar-refractivity contribution in [1.82, 2.24) is 9.97 Å². The molecule has 0 aliphatic heterocycles. The number of ether oxygens (including phenoxy) is 1. The van der Waals surface area contributed by atoms with Crippen molar-refractivity contribution in [2.24, 2.45) is 5.73 Å². The molecule has 2 aliphatic carbocycles. The maximum atomic E-state index is 11.8. The second-order valence-electron chi connectivity index (χ2n) is 7.69. The number of carbonyl (C=O) groups excluding carboxylic acids is 1. The van der Waals surface area contributed by atoms with E-state index in [1.54, 1.807) is 7.11 Å². The van der Waals surface area contributed by atoms with E-state index in [4.69, 9.17) is 10.5 Å². The highest BCUT2D eigenvalue weighted by Gasteiger charge is 2.24. The Morgan fingerprint density at radius 2 is 1.89 bits per heavy atom. The largest absolute Gasteiger partial charge is 0.393 e. The van der Waals surface area contributed by atoms with Gasteiger partial charge >= 0.3 is 0 Å². The third-order valence-corrected chi connectivity index (χ3v) is 5.63. The van der Waals surface area contributed by atoms with Crippen LogP contribution in [0.1, 0.15) is 68.1 Å². The fourth-order valence-electron chi connectivity index (χ4n) is 4.03.